The summed E-state index contributed by atoms with van der Waals surface area (Å²) in [6.07, 6.45) is 3.37. The summed E-state index contributed by atoms with van der Waals surface area (Å²) >= 11 is 0. The van der Waals surface area contributed by atoms with E-state index in [4.69, 9.17) is 5.11 Å². The molecule has 18 heavy (non-hydrogen) atoms. The summed E-state index contributed by atoms with van der Waals surface area (Å²) in [5.74, 6) is 1.30. The summed E-state index contributed by atoms with van der Waals surface area (Å²) in [4.78, 5) is 13.0. The minimum atomic E-state index is -0.0117. The van der Waals surface area contributed by atoms with E-state index in [9.17, 15) is 0 Å². The van der Waals surface area contributed by atoms with Crippen molar-refractivity contribution in [1.82, 2.24) is 14.9 Å². The van der Waals surface area contributed by atoms with Crippen LogP contribution in [0.1, 0.15) is 19.4 Å². The SMILES string of the molecule is CC(C)CN(CCN(C)C)c1ncc(CO)cn1. The molecule has 0 saturated heterocycles. The minimum absolute atomic E-state index is 0.0117. The van der Waals surface area contributed by atoms with E-state index in [1.165, 1.54) is 0 Å². The normalized spacial score (nSPS) is 11.3. The first kappa shape index (κ1) is 14.9. The fraction of sp³-hybridized carbons (Fsp3) is 0.692. The monoisotopic (exact) mass is 252 g/mol. The third kappa shape index (κ3) is 4.98. The zero-order valence-electron chi connectivity index (χ0n) is 11.8. The van der Waals surface area contributed by atoms with Gasteiger partial charge in [0.1, 0.15) is 0 Å². The van der Waals surface area contributed by atoms with Gasteiger partial charge in [0, 0.05) is 37.6 Å². The average molecular weight is 252 g/mol. The van der Waals surface area contributed by atoms with Crippen molar-refractivity contribution in [1.29, 1.82) is 0 Å². The molecule has 0 aromatic carbocycles. The molecule has 0 radical (unpaired) electrons. The first-order valence-corrected chi connectivity index (χ1v) is 6.34. The van der Waals surface area contributed by atoms with Crippen molar-refractivity contribution in [3.8, 4) is 0 Å². The molecule has 1 aromatic heterocycles. The number of anilines is 1. The van der Waals surface area contributed by atoms with Crippen LogP contribution >= 0.6 is 0 Å². The van der Waals surface area contributed by atoms with Crippen molar-refractivity contribution in [2.24, 2.45) is 5.92 Å². The minimum Gasteiger partial charge on any atom is -0.392 e. The van der Waals surface area contributed by atoms with Crippen LogP contribution < -0.4 is 4.90 Å². The van der Waals surface area contributed by atoms with Crippen LogP contribution in [0.4, 0.5) is 5.95 Å². The Morgan fingerprint density at radius 2 is 1.78 bits per heavy atom. The quantitative estimate of drug-likeness (QED) is 0.784. The van der Waals surface area contributed by atoms with Crippen molar-refractivity contribution >= 4 is 5.95 Å². The summed E-state index contributed by atoms with van der Waals surface area (Å²) < 4.78 is 0. The molecule has 0 aliphatic rings. The van der Waals surface area contributed by atoms with Crippen molar-refractivity contribution in [3.63, 3.8) is 0 Å². The maximum Gasteiger partial charge on any atom is 0.225 e. The standard InChI is InChI=1S/C13H24N4O/c1-11(2)9-17(6-5-16(3)4)13-14-7-12(10-18)8-15-13/h7-8,11,18H,5-6,9-10H2,1-4H3. The van der Waals surface area contributed by atoms with Crippen molar-refractivity contribution in [2.45, 2.75) is 20.5 Å². The lowest BCUT2D eigenvalue weighted by molar-refractivity contribution is 0.281. The molecule has 1 aromatic rings. The average Bonchev–Trinajstić information content (AvgIpc) is 2.34. The van der Waals surface area contributed by atoms with Gasteiger partial charge in [0.2, 0.25) is 5.95 Å². The number of aromatic nitrogens is 2. The Hall–Kier alpha value is -1.20. The van der Waals surface area contributed by atoms with Crippen molar-refractivity contribution in [2.75, 3.05) is 38.6 Å². The molecule has 0 aliphatic heterocycles. The maximum atomic E-state index is 8.99. The Kier molecular flexibility index (Phi) is 6.01. The third-order valence-corrected chi connectivity index (χ3v) is 2.56. The summed E-state index contributed by atoms with van der Waals surface area (Å²) in [7, 11) is 4.12. The molecule has 1 rings (SSSR count). The van der Waals surface area contributed by atoms with Gasteiger partial charge in [-0.05, 0) is 20.0 Å². The molecule has 0 amide bonds. The highest BCUT2D eigenvalue weighted by atomic mass is 16.3. The molecular formula is C13H24N4O. The number of aliphatic hydroxyl groups is 1. The van der Waals surface area contributed by atoms with Crippen LogP contribution in [-0.4, -0.2) is 53.7 Å². The first-order chi connectivity index (χ1) is 8.52. The molecule has 0 fully saturated rings. The molecule has 5 nitrogen and oxygen atoms in total. The van der Waals surface area contributed by atoms with E-state index >= 15 is 0 Å². The fourth-order valence-electron chi connectivity index (χ4n) is 1.63. The van der Waals surface area contributed by atoms with Crippen LogP contribution in [0.25, 0.3) is 0 Å². The smallest absolute Gasteiger partial charge is 0.225 e. The third-order valence-electron chi connectivity index (χ3n) is 2.56. The molecule has 1 N–H and O–H groups in total. The largest absolute Gasteiger partial charge is 0.392 e. The highest BCUT2D eigenvalue weighted by molar-refractivity contribution is 5.29. The lowest BCUT2D eigenvalue weighted by Gasteiger charge is -2.26. The molecule has 5 heteroatoms. The van der Waals surface area contributed by atoms with E-state index in [1.807, 2.05) is 0 Å². The zero-order chi connectivity index (χ0) is 13.5. The van der Waals surface area contributed by atoms with Gasteiger partial charge >= 0.3 is 0 Å². The van der Waals surface area contributed by atoms with E-state index in [0.29, 0.717) is 5.92 Å². The van der Waals surface area contributed by atoms with Gasteiger partial charge in [-0.15, -0.1) is 0 Å². The number of aliphatic hydroxyl groups excluding tert-OH is 1. The summed E-state index contributed by atoms with van der Waals surface area (Å²) in [5, 5.41) is 8.99. The van der Waals surface area contributed by atoms with E-state index in [-0.39, 0.29) is 6.61 Å². The molecule has 102 valence electrons. The van der Waals surface area contributed by atoms with Gasteiger partial charge in [0.25, 0.3) is 0 Å². The predicted molar refractivity (Wildman–Crippen MR) is 73.6 cm³/mol. The second-order valence-electron chi connectivity index (χ2n) is 5.19. The maximum absolute atomic E-state index is 8.99. The highest BCUT2D eigenvalue weighted by Crippen LogP contribution is 2.10. The number of nitrogens with zero attached hydrogens (tertiary/aromatic N) is 4. The molecule has 1 heterocycles. The van der Waals surface area contributed by atoms with Gasteiger partial charge in [-0.3, -0.25) is 0 Å². The van der Waals surface area contributed by atoms with Crippen molar-refractivity contribution < 1.29 is 5.11 Å². The number of rotatable bonds is 7. The second kappa shape index (κ2) is 7.28. The van der Waals surface area contributed by atoms with Crippen LogP contribution in [0.15, 0.2) is 12.4 Å². The van der Waals surface area contributed by atoms with Crippen LogP contribution in [0.3, 0.4) is 0 Å². The van der Waals surface area contributed by atoms with Gasteiger partial charge in [0.15, 0.2) is 0 Å². The fourth-order valence-corrected chi connectivity index (χ4v) is 1.63. The zero-order valence-corrected chi connectivity index (χ0v) is 11.8. The van der Waals surface area contributed by atoms with Crippen LogP contribution in [0.5, 0.6) is 0 Å². The van der Waals surface area contributed by atoms with Crippen LogP contribution in [-0.2, 0) is 6.61 Å². The number of likely N-dealkylation sites (N-methyl/N-ethyl adjacent to an activating group) is 1. The second-order valence-corrected chi connectivity index (χ2v) is 5.19. The van der Waals surface area contributed by atoms with E-state index in [2.05, 4.69) is 47.7 Å². The van der Waals surface area contributed by atoms with Gasteiger partial charge < -0.3 is 14.9 Å². The van der Waals surface area contributed by atoms with Crippen LogP contribution in [0, 0.1) is 5.92 Å². The summed E-state index contributed by atoms with van der Waals surface area (Å²) in [6, 6.07) is 0. The van der Waals surface area contributed by atoms with Gasteiger partial charge in [-0.1, -0.05) is 13.8 Å². The molecule has 0 bridgehead atoms. The Balaban J connectivity index is 2.73. The van der Waals surface area contributed by atoms with E-state index in [1.54, 1.807) is 12.4 Å². The van der Waals surface area contributed by atoms with E-state index in [0.717, 1.165) is 31.1 Å². The lowest BCUT2D eigenvalue weighted by Crippen LogP contribution is -2.35. The van der Waals surface area contributed by atoms with Gasteiger partial charge in [-0.25, -0.2) is 9.97 Å². The summed E-state index contributed by atoms with van der Waals surface area (Å²) in [6.45, 7) is 7.17. The number of hydrogen-bond donors (Lipinski definition) is 1. The lowest BCUT2D eigenvalue weighted by atomic mass is 10.2. The van der Waals surface area contributed by atoms with Crippen LogP contribution in [0.2, 0.25) is 0 Å². The Labute approximate surface area is 109 Å². The predicted octanol–water partition coefficient (Wildman–Crippen LogP) is 0.993. The topological polar surface area (TPSA) is 52.5 Å². The van der Waals surface area contributed by atoms with Gasteiger partial charge in [0.05, 0.1) is 6.61 Å². The van der Waals surface area contributed by atoms with E-state index < -0.39 is 0 Å². The Morgan fingerprint density at radius 1 is 1.17 bits per heavy atom. The van der Waals surface area contributed by atoms with Crippen molar-refractivity contribution in [3.05, 3.63) is 18.0 Å². The molecule has 0 aliphatic carbocycles. The molecular weight excluding hydrogens is 228 g/mol. The molecule has 0 spiro atoms. The first-order valence-electron chi connectivity index (χ1n) is 6.34. The summed E-state index contributed by atoms with van der Waals surface area (Å²) in [5.41, 5.74) is 0.746. The Bertz CT molecular complexity index is 337. The molecule has 0 unspecified atom stereocenters. The number of hydrogen-bond acceptors (Lipinski definition) is 5. The Morgan fingerprint density at radius 3 is 2.22 bits per heavy atom. The molecule has 0 atom stereocenters. The van der Waals surface area contributed by atoms with Gasteiger partial charge in [-0.2, -0.15) is 0 Å². The molecule has 0 saturated carbocycles. The highest BCUT2D eigenvalue weighted by Gasteiger charge is 2.11.